The van der Waals surface area contributed by atoms with Gasteiger partial charge in [-0.05, 0) is 36.6 Å². The van der Waals surface area contributed by atoms with Crippen molar-refractivity contribution in [2.24, 2.45) is 11.7 Å². The Hall–Kier alpha value is -1.44. The summed E-state index contributed by atoms with van der Waals surface area (Å²) in [7, 11) is -3.62. The van der Waals surface area contributed by atoms with Crippen molar-refractivity contribution in [3.05, 3.63) is 23.8 Å². The molecular formula is C14H21N3O3S. The Morgan fingerprint density at radius 1 is 1.38 bits per heavy atom. The van der Waals surface area contributed by atoms with Crippen LogP contribution in [0.15, 0.2) is 23.1 Å². The number of carbonyl (C=O) groups excluding carboxylic acids is 1. The van der Waals surface area contributed by atoms with Gasteiger partial charge in [-0.15, -0.1) is 0 Å². The van der Waals surface area contributed by atoms with Crippen molar-refractivity contribution in [1.29, 1.82) is 0 Å². The average molecular weight is 311 g/mol. The van der Waals surface area contributed by atoms with E-state index in [2.05, 4.69) is 10.0 Å². The maximum Gasteiger partial charge on any atom is 0.240 e. The van der Waals surface area contributed by atoms with Crippen LogP contribution in [-0.4, -0.2) is 26.9 Å². The molecule has 2 unspecified atom stereocenters. The normalized spacial score (nSPS) is 19.5. The number of sulfonamides is 1. The third-order valence-electron chi connectivity index (χ3n) is 3.82. The van der Waals surface area contributed by atoms with Crippen molar-refractivity contribution in [3.63, 3.8) is 0 Å². The second kappa shape index (κ2) is 5.75. The van der Waals surface area contributed by atoms with Gasteiger partial charge in [0.05, 0.1) is 10.8 Å². The number of anilines is 1. The van der Waals surface area contributed by atoms with Gasteiger partial charge in [-0.1, -0.05) is 13.8 Å². The Balaban J connectivity index is 2.21. The molecule has 116 valence electrons. The summed E-state index contributed by atoms with van der Waals surface area (Å²) in [6, 6.07) is 4.41. The number of amides is 1. The van der Waals surface area contributed by atoms with Gasteiger partial charge in [0, 0.05) is 18.3 Å². The second-order valence-electron chi connectivity index (χ2n) is 5.72. The molecule has 4 N–H and O–H groups in total. The first kappa shape index (κ1) is 15.9. The molecule has 0 radical (unpaired) electrons. The molecule has 1 aliphatic heterocycles. The summed E-state index contributed by atoms with van der Waals surface area (Å²) < 4.78 is 27.1. The zero-order chi connectivity index (χ0) is 15.8. The molecule has 1 aromatic rings. The van der Waals surface area contributed by atoms with Gasteiger partial charge < -0.3 is 11.1 Å². The Labute approximate surface area is 125 Å². The fourth-order valence-corrected chi connectivity index (χ4v) is 3.20. The summed E-state index contributed by atoms with van der Waals surface area (Å²) in [5, 5.41) is 2.72. The van der Waals surface area contributed by atoms with Gasteiger partial charge in [-0.25, -0.2) is 13.1 Å². The standard InChI is InChI=1S/C14H21N3O3S/c1-8(2)12(15)7-16-21(19,20)10-4-5-13-11(6-10)9(3)14(18)17-13/h4-6,8-9,12,16H,7,15H2,1-3H3,(H,17,18). The van der Waals surface area contributed by atoms with E-state index in [0.29, 0.717) is 11.3 Å². The first-order valence-electron chi connectivity index (χ1n) is 6.92. The van der Waals surface area contributed by atoms with Crippen molar-refractivity contribution in [1.82, 2.24) is 4.72 Å². The molecule has 1 heterocycles. The Bertz CT molecular complexity index is 655. The van der Waals surface area contributed by atoms with Crippen molar-refractivity contribution < 1.29 is 13.2 Å². The highest BCUT2D eigenvalue weighted by Gasteiger charge is 2.28. The van der Waals surface area contributed by atoms with E-state index in [1.54, 1.807) is 19.1 Å². The van der Waals surface area contributed by atoms with Crippen LogP contribution >= 0.6 is 0 Å². The largest absolute Gasteiger partial charge is 0.326 e. The minimum absolute atomic E-state index is 0.116. The van der Waals surface area contributed by atoms with E-state index in [-0.39, 0.29) is 35.2 Å². The molecule has 0 aromatic heterocycles. The molecule has 1 aliphatic rings. The molecule has 2 rings (SSSR count). The molecule has 0 fully saturated rings. The summed E-state index contributed by atoms with van der Waals surface area (Å²) in [4.78, 5) is 11.7. The van der Waals surface area contributed by atoms with Crippen molar-refractivity contribution in [2.45, 2.75) is 37.6 Å². The molecule has 1 amide bonds. The number of carbonyl (C=O) groups is 1. The summed E-state index contributed by atoms with van der Waals surface area (Å²) >= 11 is 0. The first-order valence-corrected chi connectivity index (χ1v) is 8.40. The highest BCUT2D eigenvalue weighted by atomic mass is 32.2. The maximum atomic E-state index is 12.3. The lowest BCUT2D eigenvalue weighted by atomic mass is 10.0. The number of nitrogens with two attached hydrogens (primary N) is 1. The second-order valence-corrected chi connectivity index (χ2v) is 7.49. The quantitative estimate of drug-likeness (QED) is 0.755. The van der Waals surface area contributed by atoms with Gasteiger partial charge in [-0.3, -0.25) is 4.79 Å². The van der Waals surface area contributed by atoms with Crippen LogP contribution in [0.2, 0.25) is 0 Å². The fraction of sp³-hybridized carbons (Fsp3) is 0.500. The van der Waals surface area contributed by atoms with Crippen molar-refractivity contribution in [2.75, 3.05) is 11.9 Å². The summed E-state index contributed by atoms with van der Waals surface area (Å²) in [6.07, 6.45) is 0. The van der Waals surface area contributed by atoms with E-state index < -0.39 is 10.0 Å². The van der Waals surface area contributed by atoms with Gasteiger partial charge in [0.25, 0.3) is 0 Å². The summed E-state index contributed by atoms with van der Waals surface area (Å²) in [6.45, 7) is 5.81. The molecule has 2 atom stereocenters. The SMILES string of the molecule is CC1C(=O)Nc2ccc(S(=O)(=O)NCC(N)C(C)C)cc21. The zero-order valence-corrected chi connectivity index (χ0v) is 13.2. The number of fused-ring (bicyclic) bond motifs is 1. The molecule has 1 aromatic carbocycles. The maximum absolute atomic E-state index is 12.3. The molecule has 0 spiro atoms. The van der Waals surface area contributed by atoms with Crippen molar-refractivity contribution >= 4 is 21.6 Å². The number of benzene rings is 1. The lowest BCUT2D eigenvalue weighted by Gasteiger charge is -2.16. The minimum Gasteiger partial charge on any atom is -0.326 e. The van der Waals surface area contributed by atoms with E-state index in [9.17, 15) is 13.2 Å². The molecule has 7 heteroatoms. The first-order chi connectivity index (χ1) is 9.72. The topological polar surface area (TPSA) is 101 Å². The highest BCUT2D eigenvalue weighted by Crippen LogP contribution is 2.33. The van der Waals surface area contributed by atoms with Crippen molar-refractivity contribution in [3.8, 4) is 0 Å². The summed E-state index contributed by atoms with van der Waals surface area (Å²) in [5.74, 6) is -0.267. The van der Waals surface area contributed by atoms with Gasteiger partial charge in [0.2, 0.25) is 15.9 Å². The molecule has 0 bridgehead atoms. The minimum atomic E-state index is -3.62. The Morgan fingerprint density at radius 3 is 2.67 bits per heavy atom. The van der Waals surface area contributed by atoms with Crippen LogP contribution in [0.5, 0.6) is 0 Å². The Morgan fingerprint density at radius 2 is 2.05 bits per heavy atom. The van der Waals surface area contributed by atoms with Gasteiger partial charge in [0.1, 0.15) is 0 Å². The monoisotopic (exact) mass is 311 g/mol. The van der Waals surface area contributed by atoms with Crippen LogP contribution in [0, 0.1) is 5.92 Å². The summed E-state index contributed by atoms with van der Waals surface area (Å²) in [5.41, 5.74) is 7.23. The zero-order valence-electron chi connectivity index (χ0n) is 12.4. The van der Waals surface area contributed by atoms with E-state index in [4.69, 9.17) is 5.73 Å². The van der Waals surface area contributed by atoms with Crippen LogP contribution in [0.1, 0.15) is 32.3 Å². The van der Waals surface area contributed by atoms with Gasteiger partial charge in [-0.2, -0.15) is 0 Å². The number of nitrogens with one attached hydrogen (secondary N) is 2. The predicted molar refractivity (Wildman–Crippen MR) is 81.5 cm³/mol. The number of hydrogen-bond donors (Lipinski definition) is 3. The van der Waals surface area contributed by atoms with Gasteiger partial charge >= 0.3 is 0 Å². The van der Waals surface area contributed by atoms with Crippen LogP contribution in [0.4, 0.5) is 5.69 Å². The third kappa shape index (κ3) is 3.25. The molecule has 0 saturated carbocycles. The average Bonchev–Trinajstić information content (AvgIpc) is 2.71. The smallest absolute Gasteiger partial charge is 0.240 e. The predicted octanol–water partition coefficient (Wildman–Crippen LogP) is 1.00. The van der Waals surface area contributed by atoms with Crippen LogP contribution in [0.3, 0.4) is 0 Å². The number of hydrogen-bond acceptors (Lipinski definition) is 4. The third-order valence-corrected chi connectivity index (χ3v) is 5.24. The van der Waals surface area contributed by atoms with Crippen LogP contribution in [0.25, 0.3) is 0 Å². The van der Waals surface area contributed by atoms with E-state index in [1.807, 2.05) is 13.8 Å². The molecule has 21 heavy (non-hydrogen) atoms. The highest BCUT2D eigenvalue weighted by molar-refractivity contribution is 7.89. The van der Waals surface area contributed by atoms with E-state index in [1.165, 1.54) is 6.07 Å². The number of rotatable bonds is 5. The Kier molecular flexibility index (Phi) is 4.36. The molecule has 6 nitrogen and oxygen atoms in total. The molecule has 0 aliphatic carbocycles. The molecule has 0 saturated heterocycles. The fourth-order valence-electron chi connectivity index (χ4n) is 2.09. The van der Waals surface area contributed by atoms with Gasteiger partial charge in [0.15, 0.2) is 0 Å². The van der Waals surface area contributed by atoms with E-state index >= 15 is 0 Å². The lowest BCUT2D eigenvalue weighted by molar-refractivity contribution is -0.116. The van der Waals surface area contributed by atoms with E-state index in [0.717, 1.165) is 0 Å². The van der Waals surface area contributed by atoms with Crippen LogP contribution in [-0.2, 0) is 14.8 Å². The lowest BCUT2D eigenvalue weighted by Crippen LogP contribution is -2.40. The van der Waals surface area contributed by atoms with Crippen LogP contribution < -0.4 is 15.8 Å². The molecular weight excluding hydrogens is 290 g/mol.